The van der Waals surface area contributed by atoms with Crippen LogP contribution >= 0.6 is 0 Å². The van der Waals surface area contributed by atoms with Crippen LogP contribution in [0.15, 0.2) is 35.5 Å². The molecule has 2 fully saturated rings. The van der Waals surface area contributed by atoms with Crippen LogP contribution in [0.4, 0.5) is 0 Å². The highest BCUT2D eigenvalue weighted by molar-refractivity contribution is 7.89. The maximum atomic E-state index is 13.1. The zero-order chi connectivity index (χ0) is 21.1. The predicted molar refractivity (Wildman–Crippen MR) is 112 cm³/mol. The molecule has 162 valence electrons. The molecule has 2 N–H and O–H groups in total. The number of likely N-dealkylation sites (tertiary alicyclic amines) is 1. The van der Waals surface area contributed by atoms with Gasteiger partial charge in [0.25, 0.3) is 5.91 Å². The molecule has 0 spiro atoms. The third-order valence-electron chi connectivity index (χ3n) is 6.07. The molecule has 9 heteroatoms. The number of hydrogen-bond acceptors (Lipinski definition) is 5. The summed E-state index contributed by atoms with van der Waals surface area (Å²) >= 11 is 0. The Morgan fingerprint density at radius 2 is 1.93 bits per heavy atom. The Kier molecular flexibility index (Phi) is 6.10. The topological polar surface area (TPSA) is 104 Å². The summed E-state index contributed by atoms with van der Waals surface area (Å²) in [5.74, 6) is 1.35. The van der Waals surface area contributed by atoms with Gasteiger partial charge in [0, 0.05) is 43.0 Å². The van der Waals surface area contributed by atoms with Gasteiger partial charge in [-0.05, 0) is 43.9 Å². The first kappa shape index (κ1) is 20.9. The quantitative estimate of drug-likeness (QED) is 0.730. The average molecular weight is 433 g/mol. The van der Waals surface area contributed by atoms with Crippen molar-refractivity contribution in [1.29, 1.82) is 0 Å². The molecule has 1 aliphatic carbocycles. The molecule has 2 aromatic rings. The summed E-state index contributed by atoms with van der Waals surface area (Å²) in [5, 5.41) is 0. The molecule has 0 unspecified atom stereocenters. The Labute approximate surface area is 177 Å². The van der Waals surface area contributed by atoms with Gasteiger partial charge in [-0.15, -0.1) is 0 Å². The van der Waals surface area contributed by atoms with E-state index < -0.39 is 10.0 Å². The standard InChI is InChI=1S/C21H28N4O4S/c1-29-18-7-6-16(14-19(18)30(27,28)24-17-4-2-3-5-17)21(26)25-12-8-15(9-13-25)20-22-10-11-23-20/h6-7,10-11,14-15,17,24H,2-5,8-9,12-13H2,1H3,(H,22,23). The molecule has 0 bridgehead atoms. The number of H-pyrrole nitrogens is 1. The lowest BCUT2D eigenvalue weighted by Gasteiger charge is -2.31. The van der Waals surface area contributed by atoms with Crippen LogP contribution in [0.3, 0.4) is 0 Å². The predicted octanol–water partition coefficient (Wildman–Crippen LogP) is 2.66. The number of amides is 1. The van der Waals surface area contributed by atoms with Crippen LogP contribution < -0.4 is 9.46 Å². The number of sulfonamides is 1. The highest BCUT2D eigenvalue weighted by Crippen LogP contribution is 2.30. The van der Waals surface area contributed by atoms with Crippen LogP contribution in [0.5, 0.6) is 5.75 Å². The first-order valence-electron chi connectivity index (χ1n) is 10.5. The maximum Gasteiger partial charge on any atom is 0.253 e. The van der Waals surface area contributed by atoms with Gasteiger partial charge in [0.05, 0.1) is 7.11 Å². The minimum Gasteiger partial charge on any atom is -0.495 e. The third kappa shape index (κ3) is 4.37. The van der Waals surface area contributed by atoms with Gasteiger partial charge in [-0.25, -0.2) is 18.1 Å². The monoisotopic (exact) mass is 432 g/mol. The van der Waals surface area contributed by atoms with E-state index in [2.05, 4.69) is 14.7 Å². The number of imidazole rings is 1. The summed E-state index contributed by atoms with van der Waals surface area (Å²) < 4.78 is 34.0. The molecule has 1 saturated carbocycles. The van der Waals surface area contributed by atoms with E-state index in [9.17, 15) is 13.2 Å². The normalized spacial score (nSPS) is 18.6. The van der Waals surface area contributed by atoms with Crippen molar-refractivity contribution in [3.8, 4) is 5.75 Å². The Bertz CT molecular complexity index is 976. The number of hydrogen-bond donors (Lipinski definition) is 2. The fourth-order valence-corrected chi connectivity index (χ4v) is 5.89. The Hall–Kier alpha value is -2.39. The van der Waals surface area contributed by atoms with Crippen LogP contribution in [-0.2, 0) is 10.0 Å². The minimum atomic E-state index is -3.77. The molecule has 0 atom stereocenters. The number of methoxy groups -OCH3 is 1. The first-order chi connectivity index (χ1) is 14.5. The van der Waals surface area contributed by atoms with E-state index in [1.165, 1.54) is 13.2 Å². The highest BCUT2D eigenvalue weighted by atomic mass is 32.2. The summed E-state index contributed by atoms with van der Waals surface area (Å²) in [6.45, 7) is 1.22. The van der Waals surface area contributed by atoms with E-state index in [4.69, 9.17) is 4.74 Å². The fourth-order valence-electron chi connectivity index (χ4n) is 4.39. The molecule has 8 nitrogen and oxygen atoms in total. The van der Waals surface area contributed by atoms with E-state index >= 15 is 0 Å². The molecule has 4 rings (SSSR count). The van der Waals surface area contributed by atoms with Gasteiger partial charge >= 0.3 is 0 Å². The van der Waals surface area contributed by atoms with Gasteiger partial charge in [0.1, 0.15) is 16.5 Å². The van der Waals surface area contributed by atoms with Crippen molar-refractivity contribution in [3.05, 3.63) is 42.0 Å². The molecule has 30 heavy (non-hydrogen) atoms. The molecule has 1 aromatic carbocycles. The average Bonchev–Trinajstić information content (AvgIpc) is 3.47. The molecule has 1 aromatic heterocycles. The zero-order valence-electron chi connectivity index (χ0n) is 17.1. The lowest BCUT2D eigenvalue weighted by atomic mass is 9.95. The lowest BCUT2D eigenvalue weighted by molar-refractivity contribution is 0.0711. The molecule has 0 radical (unpaired) electrons. The van der Waals surface area contributed by atoms with Crippen molar-refractivity contribution in [3.63, 3.8) is 0 Å². The Balaban J connectivity index is 1.50. The van der Waals surface area contributed by atoms with Crippen LogP contribution in [-0.4, -0.2) is 55.4 Å². The van der Waals surface area contributed by atoms with E-state index in [-0.39, 0.29) is 22.6 Å². The van der Waals surface area contributed by atoms with Crippen LogP contribution in [0, 0.1) is 0 Å². The number of carbonyl (C=O) groups excluding carboxylic acids is 1. The number of benzene rings is 1. The number of aromatic nitrogens is 2. The maximum absolute atomic E-state index is 13.1. The second-order valence-corrected chi connectivity index (χ2v) is 9.69. The molecule has 1 aliphatic heterocycles. The summed E-state index contributed by atoms with van der Waals surface area (Å²) in [5.41, 5.74) is 0.360. The number of nitrogens with one attached hydrogen (secondary N) is 2. The second kappa shape index (κ2) is 8.77. The van der Waals surface area contributed by atoms with Crippen molar-refractivity contribution in [2.45, 2.75) is 55.4 Å². The number of nitrogens with zero attached hydrogens (tertiary/aromatic N) is 2. The van der Waals surface area contributed by atoms with Crippen molar-refractivity contribution >= 4 is 15.9 Å². The van der Waals surface area contributed by atoms with Gasteiger partial charge < -0.3 is 14.6 Å². The summed E-state index contributed by atoms with van der Waals surface area (Å²) in [6.07, 6.45) is 8.92. The summed E-state index contributed by atoms with van der Waals surface area (Å²) in [7, 11) is -2.33. The largest absolute Gasteiger partial charge is 0.495 e. The van der Waals surface area contributed by atoms with Gasteiger partial charge in [-0.1, -0.05) is 12.8 Å². The van der Waals surface area contributed by atoms with E-state index in [1.807, 2.05) is 6.20 Å². The smallest absolute Gasteiger partial charge is 0.253 e. The fraction of sp³-hybridized carbons (Fsp3) is 0.524. The number of ether oxygens (including phenoxy) is 1. The summed E-state index contributed by atoms with van der Waals surface area (Å²) in [4.78, 5) is 22.3. The highest BCUT2D eigenvalue weighted by Gasteiger charge is 2.29. The molecule has 1 saturated heterocycles. The SMILES string of the molecule is COc1ccc(C(=O)N2CCC(c3ncc[nH]3)CC2)cc1S(=O)(=O)NC1CCCC1. The molecule has 1 amide bonds. The first-order valence-corrected chi connectivity index (χ1v) is 11.9. The second-order valence-electron chi connectivity index (χ2n) is 8.01. The van der Waals surface area contributed by atoms with Crippen molar-refractivity contribution < 1.29 is 17.9 Å². The number of carbonyl (C=O) groups is 1. The van der Waals surface area contributed by atoms with Gasteiger partial charge in [-0.3, -0.25) is 4.79 Å². The molecular weight excluding hydrogens is 404 g/mol. The number of aromatic amines is 1. The van der Waals surface area contributed by atoms with Crippen molar-refractivity contribution in [2.24, 2.45) is 0 Å². The van der Waals surface area contributed by atoms with Gasteiger partial charge in [0.15, 0.2) is 0 Å². The lowest BCUT2D eigenvalue weighted by Crippen LogP contribution is -2.38. The van der Waals surface area contributed by atoms with E-state index in [1.54, 1.807) is 23.2 Å². The van der Waals surface area contributed by atoms with Crippen LogP contribution in [0.2, 0.25) is 0 Å². The van der Waals surface area contributed by atoms with Crippen molar-refractivity contribution in [2.75, 3.05) is 20.2 Å². The summed E-state index contributed by atoms with van der Waals surface area (Å²) in [6, 6.07) is 4.58. The van der Waals surface area contributed by atoms with Crippen LogP contribution in [0.1, 0.15) is 60.6 Å². The Morgan fingerprint density at radius 1 is 1.20 bits per heavy atom. The Morgan fingerprint density at radius 3 is 2.57 bits per heavy atom. The number of rotatable bonds is 6. The molecule has 2 heterocycles. The van der Waals surface area contributed by atoms with E-state index in [0.29, 0.717) is 24.6 Å². The van der Waals surface area contributed by atoms with E-state index in [0.717, 1.165) is 44.3 Å². The molecule has 2 aliphatic rings. The van der Waals surface area contributed by atoms with Crippen molar-refractivity contribution in [1.82, 2.24) is 19.6 Å². The zero-order valence-corrected chi connectivity index (χ0v) is 18.0. The third-order valence-corrected chi connectivity index (χ3v) is 7.61. The number of piperidine rings is 1. The van der Waals surface area contributed by atoms with Gasteiger partial charge in [0.2, 0.25) is 10.0 Å². The minimum absolute atomic E-state index is 0.0215. The van der Waals surface area contributed by atoms with Gasteiger partial charge in [-0.2, -0.15) is 0 Å². The van der Waals surface area contributed by atoms with Crippen LogP contribution in [0.25, 0.3) is 0 Å². The molecular formula is C21H28N4O4S.